The van der Waals surface area contributed by atoms with Crippen molar-refractivity contribution in [3.8, 4) is 0 Å². The second-order valence-corrected chi connectivity index (χ2v) is 5.15. The van der Waals surface area contributed by atoms with Gasteiger partial charge < -0.3 is 14.5 Å². The van der Waals surface area contributed by atoms with Crippen LogP contribution in [0.5, 0.6) is 0 Å². The van der Waals surface area contributed by atoms with E-state index in [-0.39, 0.29) is 24.2 Å². The monoisotopic (exact) mass is 239 g/mol. The third-order valence-electron chi connectivity index (χ3n) is 2.13. The fourth-order valence-corrected chi connectivity index (χ4v) is 1.38. The van der Waals surface area contributed by atoms with Crippen LogP contribution in [0.3, 0.4) is 0 Å². The van der Waals surface area contributed by atoms with Crippen molar-refractivity contribution < 1.29 is 13.9 Å². The Bertz CT molecular complexity index is 338. The summed E-state index contributed by atoms with van der Waals surface area (Å²) in [6.07, 6.45) is 2.32. The summed E-state index contributed by atoms with van der Waals surface area (Å²) in [4.78, 5) is 11.6. The zero-order valence-corrected chi connectivity index (χ0v) is 10.9. The maximum absolute atomic E-state index is 11.6. The minimum absolute atomic E-state index is 0.0391. The molecule has 1 aromatic rings. The molecule has 96 valence electrons. The number of rotatable bonds is 5. The van der Waals surface area contributed by atoms with E-state index in [1.54, 1.807) is 6.26 Å². The van der Waals surface area contributed by atoms with Gasteiger partial charge in [0.15, 0.2) is 0 Å². The van der Waals surface area contributed by atoms with E-state index < -0.39 is 0 Å². The molecule has 0 spiro atoms. The Labute approximate surface area is 102 Å². The average Bonchev–Trinajstić information content (AvgIpc) is 2.66. The van der Waals surface area contributed by atoms with Crippen LogP contribution < -0.4 is 5.32 Å². The lowest BCUT2D eigenvalue weighted by Gasteiger charge is -2.20. The molecule has 1 N–H and O–H groups in total. The van der Waals surface area contributed by atoms with Crippen molar-refractivity contribution in [2.45, 2.75) is 45.8 Å². The molecule has 0 aliphatic carbocycles. The summed E-state index contributed by atoms with van der Waals surface area (Å²) in [7, 11) is 0. The molecule has 0 saturated heterocycles. The van der Waals surface area contributed by atoms with E-state index in [1.165, 1.54) is 0 Å². The maximum atomic E-state index is 11.6. The first-order chi connectivity index (χ1) is 7.87. The van der Waals surface area contributed by atoms with Gasteiger partial charge in [0, 0.05) is 12.5 Å². The lowest BCUT2D eigenvalue weighted by molar-refractivity contribution is -0.131. The van der Waals surface area contributed by atoms with E-state index in [0.29, 0.717) is 6.42 Å². The van der Waals surface area contributed by atoms with Crippen LogP contribution in [0.15, 0.2) is 22.8 Å². The molecule has 1 amide bonds. The van der Waals surface area contributed by atoms with E-state index in [0.717, 1.165) is 5.76 Å². The molecule has 0 aromatic carbocycles. The van der Waals surface area contributed by atoms with Crippen LogP contribution >= 0.6 is 0 Å². The first-order valence-corrected chi connectivity index (χ1v) is 5.82. The molecule has 0 aliphatic heterocycles. The zero-order valence-electron chi connectivity index (χ0n) is 10.9. The van der Waals surface area contributed by atoms with Gasteiger partial charge in [-0.1, -0.05) is 0 Å². The van der Waals surface area contributed by atoms with Crippen molar-refractivity contribution >= 4 is 5.91 Å². The molecule has 0 bridgehead atoms. The van der Waals surface area contributed by atoms with Crippen molar-refractivity contribution in [1.82, 2.24) is 5.32 Å². The topological polar surface area (TPSA) is 51.5 Å². The molecular formula is C13H21NO3. The predicted molar refractivity (Wildman–Crippen MR) is 65.7 cm³/mol. The van der Waals surface area contributed by atoms with Crippen molar-refractivity contribution in [1.29, 1.82) is 0 Å². The molecule has 1 heterocycles. The third-order valence-corrected chi connectivity index (χ3v) is 2.13. The van der Waals surface area contributed by atoms with Crippen LogP contribution in [0, 0.1) is 0 Å². The number of hydrogen-bond donors (Lipinski definition) is 1. The quantitative estimate of drug-likeness (QED) is 0.856. The van der Waals surface area contributed by atoms with Crippen LogP contribution in [-0.2, 0) is 16.0 Å². The normalized spacial score (nSPS) is 13.4. The van der Waals surface area contributed by atoms with Gasteiger partial charge in [0.2, 0.25) is 5.91 Å². The van der Waals surface area contributed by atoms with Gasteiger partial charge in [0.25, 0.3) is 0 Å². The third kappa shape index (κ3) is 6.12. The summed E-state index contributed by atoms with van der Waals surface area (Å²) in [5.41, 5.74) is -0.290. The minimum atomic E-state index is -0.290. The number of furan rings is 1. The Balaban J connectivity index is 2.26. The molecule has 0 aliphatic rings. The molecule has 4 heteroatoms. The second kappa shape index (κ2) is 5.87. The molecule has 0 radical (unpaired) electrons. The molecule has 0 saturated carbocycles. The zero-order chi connectivity index (χ0) is 12.9. The molecule has 1 rings (SSSR count). The highest BCUT2D eigenvalue weighted by Crippen LogP contribution is 2.06. The number of hydrogen-bond acceptors (Lipinski definition) is 3. The summed E-state index contributed by atoms with van der Waals surface area (Å²) in [5, 5.41) is 2.87. The fourth-order valence-electron chi connectivity index (χ4n) is 1.38. The van der Waals surface area contributed by atoms with E-state index in [4.69, 9.17) is 9.15 Å². The minimum Gasteiger partial charge on any atom is -0.469 e. The number of amides is 1. The lowest BCUT2D eigenvalue weighted by atomic mass is 10.2. The molecule has 0 fully saturated rings. The molecule has 17 heavy (non-hydrogen) atoms. The molecule has 1 atom stereocenters. The van der Waals surface area contributed by atoms with Gasteiger partial charge in [0.1, 0.15) is 12.4 Å². The predicted octanol–water partition coefficient (Wildman–Crippen LogP) is 2.14. The second-order valence-electron chi connectivity index (χ2n) is 5.15. The highest BCUT2D eigenvalue weighted by atomic mass is 16.5. The Morgan fingerprint density at radius 1 is 1.53 bits per heavy atom. The van der Waals surface area contributed by atoms with Crippen LogP contribution in [0.2, 0.25) is 0 Å². The summed E-state index contributed by atoms with van der Waals surface area (Å²) in [6.45, 7) is 7.80. The Morgan fingerprint density at radius 3 is 2.76 bits per heavy atom. The largest absolute Gasteiger partial charge is 0.469 e. The molecule has 1 unspecified atom stereocenters. The van der Waals surface area contributed by atoms with Crippen LogP contribution in [0.25, 0.3) is 0 Å². The van der Waals surface area contributed by atoms with Gasteiger partial charge >= 0.3 is 0 Å². The summed E-state index contributed by atoms with van der Waals surface area (Å²) in [5.74, 6) is 0.772. The average molecular weight is 239 g/mol. The fraction of sp³-hybridized carbons (Fsp3) is 0.615. The van der Waals surface area contributed by atoms with Gasteiger partial charge in [-0.25, -0.2) is 0 Å². The van der Waals surface area contributed by atoms with Crippen molar-refractivity contribution in [2.24, 2.45) is 0 Å². The number of nitrogens with one attached hydrogen (secondary N) is 1. The molecule has 4 nitrogen and oxygen atoms in total. The van der Waals surface area contributed by atoms with Gasteiger partial charge in [-0.05, 0) is 39.8 Å². The Hall–Kier alpha value is -1.29. The summed E-state index contributed by atoms with van der Waals surface area (Å²) < 4.78 is 10.6. The van der Waals surface area contributed by atoms with Gasteiger partial charge in [-0.3, -0.25) is 4.79 Å². The first kappa shape index (κ1) is 13.8. The number of carbonyl (C=O) groups excluding carboxylic acids is 1. The van der Waals surface area contributed by atoms with Crippen molar-refractivity contribution in [3.63, 3.8) is 0 Å². The van der Waals surface area contributed by atoms with Crippen LogP contribution in [0.4, 0.5) is 0 Å². The van der Waals surface area contributed by atoms with Crippen molar-refractivity contribution in [2.75, 3.05) is 6.61 Å². The smallest absolute Gasteiger partial charge is 0.246 e. The highest BCUT2D eigenvalue weighted by Gasteiger charge is 2.14. The van der Waals surface area contributed by atoms with Gasteiger partial charge in [0.05, 0.1) is 11.9 Å². The maximum Gasteiger partial charge on any atom is 0.246 e. The molecule has 1 aromatic heterocycles. The van der Waals surface area contributed by atoms with Gasteiger partial charge in [-0.15, -0.1) is 0 Å². The number of ether oxygens (including phenoxy) is 1. The van der Waals surface area contributed by atoms with Crippen LogP contribution in [-0.4, -0.2) is 24.2 Å². The lowest BCUT2D eigenvalue weighted by Crippen LogP contribution is -2.38. The standard InChI is InChI=1S/C13H21NO3/c1-10(8-11-6-5-7-16-11)14-12(15)9-17-13(2,3)4/h5-7,10H,8-9H2,1-4H3,(H,14,15). The Kier molecular flexibility index (Phi) is 4.75. The number of carbonyl (C=O) groups is 1. The van der Waals surface area contributed by atoms with E-state index in [2.05, 4.69) is 5.32 Å². The molecular weight excluding hydrogens is 218 g/mol. The van der Waals surface area contributed by atoms with E-state index in [9.17, 15) is 4.79 Å². The van der Waals surface area contributed by atoms with Crippen molar-refractivity contribution in [3.05, 3.63) is 24.2 Å². The van der Waals surface area contributed by atoms with Crippen LogP contribution in [0.1, 0.15) is 33.5 Å². The highest BCUT2D eigenvalue weighted by molar-refractivity contribution is 5.77. The SMILES string of the molecule is CC(Cc1ccco1)NC(=O)COC(C)(C)C. The Morgan fingerprint density at radius 2 is 2.24 bits per heavy atom. The van der Waals surface area contributed by atoms with E-state index in [1.807, 2.05) is 39.8 Å². The first-order valence-electron chi connectivity index (χ1n) is 5.82. The summed E-state index contributed by atoms with van der Waals surface area (Å²) >= 11 is 0. The van der Waals surface area contributed by atoms with Gasteiger partial charge in [-0.2, -0.15) is 0 Å². The van der Waals surface area contributed by atoms with E-state index >= 15 is 0 Å². The summed E-state index contributed by atoms with van der Waals surface area (Å²) in [6, 6.07) is 3.78.